The van der Waals surface area contributed by atoms with Gasteiger partial charge in [-0.3, -0.25) is 14.4 Å². The van der Waals surface area contributed by atoms with E-state index in [4.69, 9.17) is 9.47 Å². The minimum absolute atomic E-state index is 0.0226. The first-order chi connectivity index (χ1) is 13.5. The van der Waals surface area contributed by atoms with Crippen LogP contribution in [0.25, 0.3) is 0 Å². The van der Waals surface area contributed by atoms with Crippen LogP contribution in [0.3, 0.4) is 0 Å². The van der Waals surface area contributed by atoms with Crippen LogP contribution in [0, 0.1) is 6.92 Å². The lowest BCUT2D eigenvalue weighted by Gasteiger charge is -2.26. The fraction of sp³-hybridized carbons (Fsp3) is 0.381. The van der Waals surface area contributed by atoms with Crippen LogP contribution in [0.1, 0.15) is 40.2 Å². The van der Waals surface area contributed by atoms with E-state index in [1.165, 1.54) is 11.3 Å². The average molecular weight is 401 g/mol. The van der Waals surface area contributed by atoms with Gasteiger partial charge < -0.3 is 14.8 Å². The van der Waals surface area contributed by atoms with E-state index in [0.717, 1.165) is 4.88 Å². The molecule has 28 heavy (non-hydrogen) atoms. The first-order valence-electron chi connectivity index (χ1n) is 9.28. The average Bonchev–Trinajstić information content (AvgIpc) is 3.15. The SMILES string of the molecule is Cc1ccc(C(=O)CCC(=O)CCC(=O)NCC2COc3ccccc3O2)s1. The van der Waals surface area contributed by atoms with E-state index in [9.17, 15) is 14.4 Å². The van der Waals surface area contributed by atoms with E-state index in [-0.39, 0.29) is 49.3 Å². The number of hydrogen-bond acceptors (Lipinski definition) is 6. The van der Waals surface area contributed by atoms with Gasteiger partial charge in [-0.15, -0.1) is 11.3 Å². The number of nitrogens with one attached hydrogen (secondary N) is 1. The molecular formula is C21H23NO5S. The van der Waals surface area contributed by atoms with Gasteiger partial charge in [0.05, 0.1) is 11.4 Å². The summed E-state index contributed by atoms with van der Waals surface area (Å²) in [4.78, 5) is 37.7. The van der Waals surface area contributed by atoms with Crippen molar-refractivity contribution in [3.05, 3.63) is 46.2 Å². The molecule has 1 aromatic heterocycles. The number of ketones is 2. The molecule has 2 heterocycles. The summed E-state index contributed by atoms with van der Waals surface area (Å²) in [7, 11) is 0. The number of Topliss-reactive ketones (excluding diaryl/α,β-unsaturated/α-hetero) is 2. The Labute approximate surface area is 167 Å². The molecular weight excluding hydrogens is 378 g/mol. The molecule has 0 radical (unpaired) electrons. The van der Waals surface area contributed by atoms with Crippen molar-refractivity contribution >= 4 is 28.8 Å². The Morgan fingerprint density at radius 3 is 2.54 bits per heavy atom. The smallest absolute Gasteiger partial charge is 0.220 e. The van der Waals surface area contributed by atoms with E-state index in [1.54, 1.807) is 6.07 Å². The van der Waals surface area contributed by atoms with E-state index < -0.39 is 0 Å². The lowest BCUT2D eigenvalue weighted by Crippen LogP contribution is -2.40. The van der Waals surface area contributed by atoms with Crippen LogP contribution in [0.4, 0.5) is 0 Å². The second-order valence-electron chi connectivity index (χ2n) is 6.67. The zero-order valence-electron chi connectivity index (χ0n) is 15.7. The van der Waals surface area contributed by atoms with Crippen LogP contribution >= 0.6 is 11.3 Å². The Morgan fingerprint density at radius 1 is 1.04 bits per heavy atom. The Kier molecular flexibility index (Phi) is 6.81. The van der Waals surface area contributed by atoms with Crippen molar-refractivity contribution in [1.29, 1.82) is 0 Å². The first-order valence-corrected chi connectivity index (χ1v) is 10.1. The van der Waals surface area contributed by atoms with Crippen molar-refractivity contribution in [1.82, 2.24) is 5.32 Å². The van der Waals surface area contributed by atoms with Crippen LogP contribution < -0.4 is 14.8 Å². The number of fused-ring (bicyclic) bond motifs is 1. The third-order valence-corrected chi connectivity index (χ3v) is 5.41. The van der Waals surface area contributed by atoms with Crippen molar-refractivity contribution in [3.8, 4) is 11.5 Å². The summed E-state index contributed by atoms with van der Waals surface area (Å²) in [6, 6.07) is 11.1. The van der Waals surface area contributed by atoms with Crippen molar-refractivity contribution in [2.24, 2.45) is 0 Å². The molecule has 3 rings (SSSR count). The molecule has 0 saturated carbocycles. The van der Waals surface area contributed by atoms with Crippen molar-refractivity contribution in [2.45, 2.75) is 38.7 Å². The zero-order chi connectivity index (χ0) is 19.9. The summed E-state index contributed by atoms with van der Waals surface area (Å²) in [5.41, 5.74) is 0. The number of thiophene rings is 1. The number of ether oxygens (including phenoxy) is 2. The quantitative estimate of drug-likeness (QED) is 0.652. The molecule has 7 heteroatoms. The van der Waals surface area contributed by atoms with Crippen molar-refractivity contribution in [2.75, 3.05) is 13.2 Å². The maximum Gasteiger partial charge on any atom is 0.220 e. The van der Waals surface area contributed by atoms with Gasteiger partial charge in [-0.2, -0.15) is 0 Å². The second kappa shape index (κ2) is 9.50. The molecule has 6 nitrogen and oxygen atoms in total. The fourth-order valence-electron chi connectivity index (χ4n) is 2.82. The van der Waals surface area contributed by atoms with Crippen LogP contribution in [0.15, 0.2) is 36.4 Å². The van der Waals surface area contributed by atoms with Crippen LogP contribution in [0.2, 0.25) is 0 Å². The molecule has 0 spiro atoms. The molecule has 1 unspecified atom stereocenters. The molecule has 2 aromatic rings. The van der Waals surface area contributed by atoms with E-state index in [1.807, 2.05) is 37.3 Å². The predicted octanol–water partition coefficient (Wildman–Crippen LogP) is 3.32. The molecule has 0 aliphatic carbocycles. The number of benzene rings is 1. The number of carbonyl (C=O) groups excluding carboxylic acids is 3. The highest BCUT2D eigenvalue weighted by Gasteiger charge is 2.21. The van der Waals surface area contributed by atoms with Gasteiger partial charge in [0.15, 0.2) is 17.3 Å². The highest BCUT2D eigenvalue weighted by atomic mass is 32.1. The molecule has 1 atom stereocenters. The van der Waals surface area contributed by atoms with E-state index in [0.29, 0.717) is 29.5 Å². The molecule has 0 saturated heterocycles. The third-order valence-electron chi connectivity index (χ3n) is 4.37. The van der Waals surface area contributed by atoms with Gasteiger partial charge in [-0.25, -0.2) is 0 Å². The Bertz CT molecular complexity index is 860. The van der Waals surface area contributed by atoms with Crippen LogP contribution in [0.5, 0.6) is 11.5 Å². The van der Waals surface area contributed by atoms with Crippen molar-refractivity contribution in [3.63, 3.8) is 0 Å². The number of hydrogen-bond donors (Lipinski definition) is 1. The maximum atomic E-state index is 12.0. The number of para-hydroxylation sites is 2. The van der Waals surface area contributed by atoms with Gasteiger partial charge in [0, 0.05) is 30.6 Å². The van der Waals surface area contributed by atoms with Gasteiger partial charge in [0.2, 0.25) is 5.91 Å². The summed E-state index contributed by atoms with van der Waals surface area (Å²) in [5.74, 6) is 1.04. The predicted molar refractivity (Wildman–Crippen MR) is 106 cm³/mol. The van der Waals surface area contributed by atoms with Gasteiger partial charge in [-0.05, 0) is 31.2 Å². The maximum absolute atomic E-state index is 12.0. The minimum atomic E-state index is -0.263. The summed E-state index contributed by atoms with van der Waals surface area (Å²) in [6.45, 7) is 2.62. The Balaban J connectivity index is 1.32. The zero-order valence-corrected chi connectivity index (χ0v) is 16.6. The summed E-state index contributed by atoms with van der Waals surface area (Å²) in [6.07, 6.45) is 0.330. The highest BCUT2D eigenvalue weighted by molar-refractivity contribution is 7.14. The summed E-state index contributed by atoms with van der Waals surface area (Å²) < 4.78 is 11.4. The second-order valence-corrected chi connectivity index (χ2v) is 7.96. The third kappa shape index (κ3) is 5.66. The Morgan fingerprint density at radius 2 is 1.79 bits per heavy atom. The topological polar surface area (TPSA) is 81.7 Å². The monoisotopic (exact) mass is 401 g/mol. The highest BCUT2D eigenvalue weighted by Crippen LogP contribution is 2.30. The molecule has 148 valence electrons. The Hall–Kier alpha value is -2.67. The molecule has 1 amide bonds. The van der Waals surface area contributed by atoms with Gasteiger partial charge in [0.1, 0.15) is 18.5 Å². The molecule has 1 aromatic carbocycles. The number of carbonyl (C=O) groups is 3. The van der Waals surface area contributed by atoms with Crippen LogP contribution in [-0.4, -0.2) is 36.7 Å². The standard InChI is InChI=1S/C21H23NO5S/c1-14-6-10-20(28-14)17(24)9-7-15(23)8-11-21(25)22-12-16-13-26-18-4-2-3-5-19(18)27-16/h2-6,10,16H,7-9,11-13H2,1H3,(H,22,25). The summed E-state index contributed by atoms with van der Waals surface area (Å²) in [5, 5.41) is 2.77. The van der Waals surface area contributed by atoms with Gasteiger partial charge in [-0.1, -0.05) is 12.1 Å². The van der Waals surface area contributed by atoms with Crippen molar-refractivity contribution < 1.29 is 23.9 Å². The molecule has 1 aliphatic rings. The largest absolute Gasteiger partial charge is 0.486 e. The van der Waals surface area contributed by atoms with Gasteiger partial charge >= 0.3 is 0 Å². The minimum Gasteiger partial charge on any atom is -0.486 e. The van der Waals surface area contributed by atoms with E-state index in [2.05, 4.69) is 5.32 Å². The van der Waals surface area contributed by atoms with E-state index >= 15 is 0 Å². The van der Waals surface area contributed by atoms with Gasteiger partial charge in [0.25, 0.3) is 0 Å². The normalized spacial score (nSPS) is 15.1. The molecule has 0 bridgehead atoms. The number of aryl methyl sites for hydroxylation is 1. The molecule has 1 aliphatic heterocycles. The lowest BCUT2D eigenvalue weighted by molar-refractivity contribution is -0.125. The summed E-state index contributed by atoms with van der Waals surface area (Å²) >= 11 is 1.43. The molecule has 1 N–H and O–H groups in total. The lowest BCUT2D eigenvalue weighted by atomic mass is 10.1. The number of amides is 1. The first kappa shape index (κ1) is 20.1. The molecule has 0 fully saturated rings. The number of rotatable bonds is 9. The fourth-order valence-corrected chi connectivity index (χ4v) is 3.65. The van der Waals surface area contributed by atoms with Crippen LogP contribution in [-0.2, 0) is 9.59 Å².